The summed E-state index contributed by atoms with van der Waals surface area (Å²) in [6, 6.07) is 0.573. The van der Waals surface area contributed by atoms with Crippen LogP contribution in [0.2, 0.25) is 0 Å². The first-order valence-electron chi connectivity index (χ1n) is 5.21. The monoisotopic (exact) mass is 198 g/mol. The Morgan fingerprint density at radius 3 is 2.86 bits per heavy atom. The Morgan fingerprint density at radius 2 is 2.36 bits per heavy atom. The molecule has 82 valence electrons. The maximum absolute atomic E-state index is 5.31. The van der Waals surface area contributed by atoms with Crippen LogP contribution in [0.5, 0.6) is 0 Å². The molecule has 1 aliphatic rings. The minimum atomic E-state index is 0.401. The third-order valence-corrected chi connectivity index (χ3v) is 2.59. The molecule has 1 aliphatic heterocycles. The fraction of sp³-hybridized carbons (Fsp3) is 0.818. The van der Waals surface area contributed by atoms with Crippen molar-refractivity contribution in [3.63, 3.8) is 0 Å². The Labute approximate surface area is 87.1 Å². The van der Waals surface area contributed by atoms with E-state index in [1.807, 2.05) is 0 Å². The van der Waals surface area contributed by atoms with Crippen LogP contribution >= 0.6 is 0 Å². The number of likely N-dealkylation sites (N-methyl/N-ethyl adjacent to an activating group) is 1. The van der Waals surface area contributed by atoms with Gasteiger partial charge in [0.25, 0.3) is 0 Å². The maximum atomic E-state index is 5.31. The molecule has 1 heterocycles. The van der Waals surface area contributed by atoms with E-state index in [4.69, 9.17) is 4.74 Å². The molecule has 3 heteroatoms. The van der Waals surface area contributed by atoms with Gasteiger partial charge in [0, 0.05) is 32.8 Å². The predicted molar refractivity (Wildman–Crippen MR) is 59.5 cm³/mol. The van der Waals surface area contributed by atoms with Crippen molar-refractivity contribution in [1.82, 2.24) is 10.2 Å². The van der Waals surface area contributed by atoms with Crippen molar-refractivity contribution in [3.8, 4) is 0 Å². The van der Waals surface area contributed by atoms with Crippen LogP contribution in [0.1, 0.15) is 13.3 Å². The molecule has 0 aliphatic carbocycles. The second-order valence-electron chi connectivity index (χ2n) is 4.35. The first kappa shape index (κ1) is 11.7. The Kier molecular flexibility index (Phi) is 4.58. The summed E-state index contributed by atoms with van der Waals surface area (Å²) in [5.74, 6) is 0. The van der Waals surface area contributed by atoms with E-state index in [1.165, 1.54) is 5.57 Å². The van der Waals surface area contributed by atoms with Crippen molar-refractivity contribution in [3.05, 3.63) is 12.2 Å². The summed E-state index contributed by atoms with van der Waals surface area (Å²) in [6.45, 7) is 9.03. The predicted octanol–water partition coefficient (Wildman–Crippen LogP) is 0.871. The zero-order valence-corrected chi connectivity index (χ0v) is 9.55. The van der Waals surface area contributed by atoms with E-state index in [0.29, 0.717) is 12.1 Å². The average Bonchev–Trinajstić information content (AvgIpc) is 2.50. The molecule has 1 rings (SSSR count). The van der Waals surface area contributed by atoms with Gasteiger partial charge in [0.2, 0.25) is 0 Å². The summed E-state index contributed by atoms with van der Waals surface area (Å²) in [7, 11) is 3.92. The summed E-state index contributed by atoms with van der Waals surface area (Å²) in [5.41, 5.74) is 1.22. The van der Waals surface area contributed by atoms with Gasteiger partial charge in [-0.15, -0.1) is 0 Å². The topological polar surface area (TPSA) is 24.5 Å². The van der Waals surface area contributed by atoms with E-state index in [9.17, 15) is 0 Å². The van der Waals surface area contributed by atoms with Crippen molar-refractivity contribution in [1.29, 1.82) is 0 Å². The number of nitrogens with one attached hydrogen (secondary N) is 1. The molecular weight excluding hydrogens is 176 g/mol. The lowest BCUT2D eigenvalue weighted by Crippen LogP contribution is -2.35. The SMILES string of the molecule is C=C(C)CN(C)CC1CC(OC)CN1. The van der Waals surface area contributed by atoms with Crippen molar-refractivity contribution in [2.75, 3.05) is 33.8 Å². The number of rotatable bonds is 5. The zero-order valence-electron chi connectivity index (χ0n) is 9.55. The molecule has 1 fully saturated rings. The fourth-order valence-corrected chi connectivity index (χ4v) is 2.00. The number of hydrogen-bond donors (Lipinski definition) is 1. The molecule has 0 saturated carbocycles. The fourth-order valence-electron chi connectivity index (χ4n) is 2.00. The van der Waals surface area contributed by atoms with E-state index in [1.54, 1.807) is 7.11 Å². The highest BCUT2D eigenvalue weighted by atomic mass is 16.5. The number of nitrogens with zero attached hydrogens (tertiary/aromatic N) is 1. The van der Waals surface area contributed by atoms with Crippen LogP contribution in [0.25, 0.3) is 0 Å². The molecule has 1 saturated heterocycles. The Morgan fingerprint density at radius 1 is 1.64 bits per heavy atom. The zero-order chi connectivity index (χ0) is 10.6. The van der Waals surface area contributed by atoms with E-state index in [2.05, 4.69) is 30.8 Å². The lowest BCUT2D eigenvalue weighted by Gasteiger charge is -2.20. The highest BCUT2D eigenvalue weighted by Gasteiger charge is 2.24. The van der Waals surface area contributed by atoms with Crippen LogP contribution in [0, 0.1) is 0 Å². The lowest BCUT2D eigenvalue weighted by molar-refractivity contribution is 0.116. The minimum Gasteiger partial charge on any atom is -0.380 e. The first-order valence-corrected chi connectivity index (χ1v) is 5.21. The molecule has 0 aromatic carbocycles. The molecule has 0 aromatic rings. The standard InChI is InChI=1S/C11H22N2O/c1-9(2)7-13(3)8-10-5-11(14-4)6-12-10/h10-12H,1,5-8H2,2-4H3. The third kappa shape index (κ3) is 3.78. The van der Waals surface area contributed by atoms with Crippen molar-refractivity contribution in [2.24, 2.45) is 0 Å². The highest BCUT2D eigenvalue weighted by Crippen LogP contribution is 2.10. The Balaban J connectivity index is 2.21. The Bertz CT molecular complexity index is 194. The molecule has 0 bridgehead atoms. The first-order chi connectivity index (χ1) is 6.61. The van der Waals surface area contributed by atoms with Gasteiger partial charge in [0.1, 0.15) is 0 Å². The number of ether oxygens (including phenoxy) is 1. The van der Waals surface area contributed by atoms with Gasteiger partial charge in [-0.1, -0.05) is 12.2 Å². The summed E-state index contributed by atoms with van der Waals surface area (Å²) < 4.78 is 5.31. The molecule has 1 N–H and O–H groups in total. The van der Waals surface area contributed by atoms with Gasteiger partial charge in [0.15, 0.2) is 0 Å². The molecule has 0 amide bonds. The summed E-state index contributed by atoms with van der Waals surface area (Å²) in [4.78, 5) is 2.30. The highest BCUT2D eigenvalue weighted by molar-refractivity contribution is 4.92. The van der Waals surface area contributed by atoms with Gasteiger partial charge < -0.3 is 15.0 Å². The smallest absolute Gasteiger partial charge is 0.0711 e. The van der Waals surface area contributed by atoms with Crippen LogP contribution in [0.15, 0.2) is 12.2 Å². The molecule has 2 unspecified atom stereocenters. The van der Waals surface area contributed by atoms with Gasteiger partial charge >= 0.3 is 0 Å². The van der Waals surface area contributed by atoms with Crippen molar-refractivity contribution < 1.29 is 4.74 Å². The van der Waals surface area contributed by atoms with Gasteiger partial charge in [0.05, 0.1) is 6.10 Å². The van der Waals surface area contributed by atoms with Gasteiger partial charge in [-0.2, -0.15) is 0 Å². The molecule has 0 radical (unpaired) electrons. The van der Waals surface area contributed by atoms with Crippen LogP contribution in [-0.4, -0.2) is 50.8 Å². The van der Waals surface area contributed by atoms with E-state index >= 15 is 0 Å². The Hall–Kier alpha value is -0.380. The summed E-state index contributed by atoms with van der Waals surface area (Å²) >= 11 is 0. The largest absolute Gasteiger partial charge is 0.380 e. The van der Waals surface area contributed by atoms with E-state index in [-0.39, 0.29) is 0 Å². The molecular formula is C11H22N2O. The molecule has 14 heavy (non-hydrogen) atoms. The molecule has 0 aromatic heterocycles. The third-order valence-electron chi connectivity index (χ3n) is 2.59. The number of methoxy groups -OCH3 is 1. The summed E-state index contributed by atoms with van der Waals surface area (Å²) in [5, 5.41) is 3.47. The molecule has 3 nitrogen and oxygen atoms in total. The average molecular weight is 198 g/mol. The van der Waals surface area contributed by atoms with Crippen molar-refractivity contribution in [2.45, 2.75) is 25.5 Å². The minimum absolute atomic E-state index is 0.401. The van der Waals surface area contributed by atoms with E-state index in [0.717, 1.165) is 26.1 Å². The van der Waals surface area contributed by atoms with E-state index < -0.39 is 0 Å². The summed E-state index contributed by atoms with van der Waals surface area (Å²) in [6.07, 6.45) is 1.52. The van der Waals surface area contributed by atoms with Crippen LogP contribution in [0.3, 0.4) is 0 Å². The van der Waals surface area contributed by atoms with Gasteiger partial charge in [-0.25, -0.2) is 0 Å². The van der Waals surface area contributed by atoms with Crippen molar-refractivity contribution >= 4 is 0 Å². The molecule has 0 spiro atoms. The number of hydrogen-bond acceptors (Lipinski definition) is 3. The normalized spacial score (nSPS) is 27.1. The van der Waals surface area contributed by atoms with Crippen LogP contribution in [-0.2, 0) is 4.74 Å². The maximum Gasteiger partial charge on any atom is 0.0711 e. The van der Waals surface area contributed by atoms with Crippen LogP contribution in [0.4, 0.5) is 0 Å². The second kappa shape index (κ2) is 5.49. The van der Waals surface area contributed by atoms with Crippen LogP contribution < -0.4 is 5.32 Å². The second-order valence-corrected chi connectivity index (χ2v) is 4.35. The molecule has 2 atom stereocenters. The lowest BCUT2D eigenvalue weighted by atomic mass is 10.2. The quantitative estimate of drug-likeness (QED) is 0.663. The van der Waals surface area contributed by atoms with Gasteiger partial charge in [-0.05, 0) is 20.4 Å². The van der Waals surface area contributed by atoms with Gasteiger partial charge in [-0.3, -0.25) is 0 Å².